The molecule has 0 amide bonds. The van der Waals surface area contributed by atoms with Gasteiger partial charge in [0, 0.05) is 19.6 Å². The number of rotatable bonds is 12. The Kier molecular flexibility index (Phi) is 8.64. The summed E-state index contributed by atoms with van der Waals surface area (Å²) in [7, 11) is -2.41. The second kappa shape index (κ2) is 9.46. The van der Waals surface area contributed by atoms with Crippen molar-refractivity contribution in [3.8, 4) is 0 Å². The number of ether oxygens (including phenoxy) is 4. The lowest BCUT2D eigenvalue weighted by molar-refractivity contribution is -0.559. The fourth-order valence-corrected chi connectivity index (χ4v) is 4.59. The smallest absolute Gasteiger partial charge is 0.364 e. The van der Waals surface area contributed by atoms with Crippen molar-refractivity contribution in [3.63, 3.8) is 0 Å². The molecule has 0 saturated carbocycles. The Morgan fingerprint density at radius 1 is 1.04 bits per heavy atom. The minimum absolute atomic E-state index is 0.164. The van der Waals surface area contributed by atoms with E-state index in [-0.39, 0.29) is 12.0 Å². The van der Waals surface area contributed by atoms with Crippen molar-refractivity contribution >= 4 is 8.56 Å². The van der Waals surface area contributed by atoms with Gasteiger partial charge in [0.2, 0.25) is 0 Å². The quantitative estimate of drug-likeness (QED) is 0.395. The molecule has 0 N–H and O–H groups in total. The van der Waals surface area contributed by atoms with Gasteiger partial charge in [-0.15, -0.1) is 0 Å². The van der Waals surface area contributed by atoms with Gasteiger partial charge in [0.05, 0.1) is 0 Å². The molecular formula is C16H34O6Si. The molecule has 0 aromatic rings. The van der Waals surface area contributed by atoms with Gasteiger partial charge in [-0.2, -0.15) is 0 Å². The van der Waals surface area contributed by atoms with Crippen LogP contribution in [0.25, 0.3) is 0 Å². The molecule has 6 nitrogen and oxygen atoms in total. The zero-order valence-electron chi connectivity index (χ0n) is 15.7. The Morgan fingerprint density at radius 3 is 2.00 bits per heavy atom. The van der Waals surface area contributed by atoms with Crippen molar-refractivity contribution in [2.75, 3.05) is 13.2 Å². The lowest BCUT2D eigenvalue weighted by atomic mass is 10.3. The minimum atomic E-state index is -2.41. The van der Waals surface area contributed by atoms with Gasteiger partial charge in [0.15, 0.2) is 12.6 Å². The molecule has 1 aliphatic rings. The van der Waals surface area contributed by atoms with Crippen LogP contribution in [-0.4, -0.2) is 46.1 Å². The third kappa shape index (κ3) is 5.49. The van der Waals surface area contributed by atoms with Crippen LogP contribution in [0, 0.1) is 0 Å². The molecule has 2 atom stereocenters. The van der Waals surface area contributed by atoms with Crippen LogP contribution < -0.4 is 0 Å². The van der Waals surface area contributed by atoms with Crippen molar-refractivity contribution in [3.05, 3.63) is 0 Å². The minimum Gasteiger partial charge on any atom is -0.393 e. The second-order valence-electron chi connectivity index (χ2n) is 5.73. The monoisotopic (exact) mass is 350 g/mol. The molecule has 0 spiro atoms. The van der Waals surface area contributed by atoms with E-state index in [4.69, 9.17) is 27.8 Å². The van der Waals surface area contributed by atoms with Crippen LogP contribution in [-0.2, 0) is 27.8 Å². The highest BCUT2D eigenvalue weighted by molar-refractivity contribution is 6.67. The molecule has 0 aromatic carbocycles. The van der Waals surface area contributed by atoms with Gasteiger partial charge in [-0.25, -0.2) is 0 Å². The van der Waals surface area contributed by atoms with E-state index in [0.29, 0.717) is 26.1 Å². The van der Waals surface area contributed by atoms with Crippen molar-refractivity contribution in [2.24, 2.45) is 0 Å². The maximum atomic E-state index is 6.10. The van der Waals surface area contributed by atoms with E-state index in [0.717, 1.165) is 6.42 Å². The molecule has 0 aromatic heterocycles. The van der Waals surface area contributed by atoms with Crippen LogP contribution in [0.3, 0.4) is 0 Å². The molecule has 7 heteroatoms. The van der Waals surface area contributed by atoms with Gasteiger partial charge in [-0.1, -0.05) is 20.8 Å². The summed E-state index contributed by atoms with van der Waals surface area (Å²) < 4.78 is 35.3. The fourth-order valence-electron chi connectivity index (χ4n) is 2.49. The van der Waals surface area contributed by atoms with Crippen LogP contribution >= 0.6 is 0 Å². The van der Waals surface area contributed by atoms with Crippen molar-refractivity contribution in [1.29, 1.82) is 0 Å². The van der Waals surface area contributed by atoms with E-state index in [9.17, 15) is 0 Å². The third-order valence-corrected chi connectivity index (χ3v) is 7.33. The summed E-state index contributed by atoms with van der Waals surface area (Å²) in [4.78, 5) is 0. The van der Waals surface area contributed by atoms with Crippen LogP contribution in [0.5, 0.6) is 0 Å². The summed E-state index contributed by atoms with van der Waals surface area (Å²) in [5, 5.41) is 0. The van der Waals surface area contributed by atoms with Gasteiger partial charge in [-0.05, 0) is 40.2 Å². The maximum Gasteiger partial charge on any atom is 0.364 e. The first-order valence-corrected chi connectivity index (χ1v) is 11.2. The molecule has 2 unspecified atom stereocenters. The van der Waals surface area contributed by atoms with Crippen molar-refractivity contribution in [2.45, 2.75) is 91.6 Å². The lowest BCUT2D eigenvalue weighted by Gasteiger charge is -2.47. The molecule has 1 rings (SSSR count). The normalized spacial score (nSPS) is 27.5. The Labute approximate surface area is 142 Å². The fraction of sp³-hybridized carbons (Fsp3) is 1.00. The summed E-state index contributed by atoms with van der Waals surface area (Å²) >= 11 is 0. The van der Waals surface area contributed by atoms with Gasteiger partial charge in [0.1, 0.15) is 5.73 Å². The van der Waals surface area contributed by atoms with Crippen LogP contribution in [0.2, 0.25) is 6.55 Å². The van der Waals surface area contributed by atoms with Crippen molar-refractivity contribution < 1.29 is 27.8 Å². The van der Waals surface area contributed by atoms with E-state index in [1.165, 1.54) is 0 Å². The summed E-state index contributed by atoms with van der Waals surface area (Å²) in [5.41, 5.74) is -0.164. The summed E-state index contributed by atoms with van der Waals surface area (Å²) in [6.07, 6.45) is 1.51. The number of hydrogen-bond donors (Lipinski definition) is 0. The Morgan fingerprint density at radius 2 is 1.61 bits per heavy atom. The highest BCUT2D eigenvalue weighted by Crippen LogP contribution is 2.37. The Hall–Kier alpha value is -0.0231. The zero-order chi connectivity index (χ0) is 17.5. The first kappa shape index (κ1) is 21.0. The molecule has 0 radical (unpaired) electrons. The summed E-state index contributed by atoms with van der Waals surface area (Å²) in [6.45, 7) is 15.2. The topological polar surface area (TPSA) is 55.4 Å². The zero-order valence-corrected chi connectivity index (χ0v) is 16.7. The lowest BCUT2D eigenvalue weighted by Crippen LogP contribution is -2.58. The van der Waals surface area contributed by atoms with Crippen LogP contribution in [0.4, 0.5) is 0 Å². The predicted octanol–water partition coefficient (Wildman–Crippen LogP) is 3.68. The highest BCUT2D eigenvalue weighted by Gasteiger charge is 2.49. The molecule has 1 saturated heterocycles. The molecule has 0 bridgehead atoms. The van der Waals surface area contributed by atoms with Gasteiger partial charge in [-0.3, -0.25) is 14.2 Å². The predicted molar refractivity (Wildman–Crippen MR) is 89.9 cm³/mol. The Bertz CT molecular complexity index is 329. The molecule has 0 aliphatic carbocycles. The largest absolute Gasteiger partial charge is 0.393 e. The maximum absolute atomic E-state index is 6.10. The Balaban J connectivity index is 2.64. The number of hydrogen-bond acceptors (Lipinski definition) is 6. The van der Waals surface area contributed by atoms with E-state index >= 15 is 0 Å². The SMILES string of the molecule is CCO[Si](C)(OCC)C(C)OC(CC)OC1(CC)OC(CC)O1. The van der Waals surface area contributed by atoms with E-state index in [1.54, 1.807) is 0 Å². The van der Waals surface area contributed by atoms with Gasteiger partial charge >= 0.3 is 8.56 Å². The summed E-state index contributed by atoms with van der Waals surface area (Å²) in [6, 6.07) is 0. The third-order valence-electron chi connectivity index (χ3n) is 3.99. The average molecular weight is 351 g/mol. The van der Waals surface area contributed by atoms with Crippen molar-refractivity contribution in [1.82, 2.24) is 0 Å². The summed E-state index contributed by atoms with van der Waals surface area (Å²) in [5.74, 6) is -0.976. The van der Waals surface area contributed by atoms with Gasteiger partial charge in [0.25, 0.3) is 5.97 Å². The molecule has 23 heavy (non-hydrogen) atoms. The van der Waals surface area contributed by atoms with E-state index in [2.05, 4.69) is 0 Å². The van der Waals surface area contributed by atoms with Crippen LogP contribution in [0.1, 0.15) is 60.8 Å². The first-order chi connectivity index (χ1) is 10.9. The second-order valence-corrected chi connectivity index (χ2v) is 9.15. The molecule has 138 valence electrons. The molecule has 1 heterocycles. The van der Waals surface area contributed by atoms with E-state index in [1.807, 2.05) is 48.1 Å². The molecule has 1 aliphatic heterocycles. The van der Waals surface area contributed by atoms with E-state index < -0.39 is 20.8 Å². The van der Waals surface area contributed by atoms with Gasteiger partial charge < -0.3 is 13.6 Å². The van der Waals surface area contributed by atoms with Crippen LogP contribution in [0.15, 0.2) is 0 Å². The highest BCUT2D eigenvalue weighted by atomic mass is 28.4. The first-order valence-electron chi connectivity index (χ1n) is 8.85. The molecular weight excluding hydrogens is 316 g/mol. The molecule has 1 fully saturated rings. The average Bonchev–Trinajstić information content (AvgIpc) is 2.49. The standard InChI is InChI=1S/C16H34O6Si/c1-8-14(20-16(10-3)21-15(9-2)22-16)19-13(6)23(7,17-11-4)18-12-5/h13-15H,8-12H2,1-7H3.